The molecule has 2 N–H and O–H groups in total. The highest BCUT2D eigenvalue weighted by Gasteiger charge is 2.36. The molecule has 2 atom stereocenters. The molecule has 2 rings (SSSR count). The number of amides is 1. The molecule has 0 aliphatic heterocycles. The molecule has 116 valence electrons. The van der Waals surface area contributed by atoms with Crippen molar-refractivity contribution in [2.45, 2.75) is 59.5 Å². The molecule has 1 aromatic rings. The summed E-state index contributed by atoms with van der Waals surface area (Å²) in [5.41, 5.74) is 2.17. The molecule has 3 nitrogen and oxygen atoms in total. The van der Waals surface area contributed by atoms with Gasteiger partial charge in [0.15, 0.2) is 0 Å². The molecule has 1 aromatic carbocycles. The van der Waals surface area contributed by atoms with Gasteiger partial charge in [-0.25, -0.2) is 0 Å². The third-order valence-corrected chi connectivity index (χ3v) is 4.23. The first-order valence-electron chi connectivity index (χ1n) is 7.94. The van der Waals surface area contributed by atoms with Crippen LogP contribution in [0, 0.1) is 11.3 Å². The summed E-state index contributed by atoms with van der Waals surface area (Å²) in [6.45, 7) is 10.9. The van der Waals surface area contributed by atoms with E-state index < -0.39 is 0 Å². The Kier molecular flexibility index (Phi) is 4.60. The third kappa shape index (κ3) is 4.23. The first-order valence-corrected chi connectivity index (χ1v) is 7.94. The van der Waals surface area contributed by atoms with Gasteiger partial charge in [-0.15, -0.1) is 0 Å². The van der Waals surface area contributed by atoms with Crippen molar-refractivity contribution in [1.29, 1.82) is 0 Å². The Morgan fingerprint density at radius 3 is 2.57 bits per heavy atom. The van der Waals surface area contributed by atoms with Crippen molar-refractivity contribution in [2.24, 2.45) is 11.3 Å². The Morgan fingerprint density at radius 1 is 1.29 bits per heavy atom. The highest BCUT2D eigenvalue weighted by atomic mass is 16.1. The van der Waals surface area contributed by atoms with Crippen LogP contribution >= 0.6 is 0 Å². The van der Waals surface area contributed by atoms with Crippen LogP contribution in [0.2, 0.25) is 0 Å². The summed E-state index contributed by atoms with van der Waals surface area (Å²) >= 11 is 0. The Bertz CT molecular complexity index is 508. The molecule has 2 unspecified atom stereocenters. The van der Waals surface area contributed by atoms with E-state index in [1.54, 1.807) is 0 Å². The lowest BCUT2D eigenvalue weighted by molar-refractivity contribution is 0.0943. The molecule has 0 spiro atoms. The number of carbonyl (C=O) groups is 1. The van der Waals surface area contributed by atoms with Crippen LogP contribution < -0.4 is 10.6 Å². The summed E-state index contributed by atoms with van der Waals surface area (Å²) < 4.78 is 0. The molecule has 1 aliphatic carbocycles. The van der Waals surface area contributed by atoms with Crippen LogP contribution in [0.4, 0.5) is 5.69 Å². The van der Waals surface area contributed by atoms with E-state index in [1.165, 1.54) is 12.8 Å². The molecule has 1 amide bonds. The lowest BCUT2D eigenvalue weighted by Crippen LogP contribution is -2.30. The third-order valence-electron chi connectivity index (χ3n) is 4.23. The molecule has 3 heteroatoms. The van der Waals surface area contributed by atoms with Gasteiger partial charge in [-0.1, -0.05) is 26.8 Å². The van der Waals surface area contributed by atoms with E-state index in [4.69, 9.17) is 0 Å². The quantitative estimate of drug-likeness (QED) is 0.877. The SMILES string of the molecule is CC(C)NC(=O)c1cccc(NC2CC(C)(C)CC2C)c1. The number of nitrogens with one attached hydrogen (secondary N) is 2. The first-order chi connectivity index (χ1) is 9.77. The van der Waals surface area contributed by atoms with Crippen LogP contribution in [0.3, 0.4) is 0 Å². The summed E-state index contributed by atoms with van der Waals surface area (Å²) in [7, 11) is 0. The lowest BCUT2D eigenvalue weighted by Gasteiger charge is -2.20. The summed E-state index contributed by atoms with van der Waals surface area (Å²) in [6, 6.07) is 8.46. The van der Waals surface area contributed by atoms with Gasteiger partial charge in [0.2, 0.25) is 0 Å². The molecule has 21 heavy (non-hydrogen) atoms. The standard InChI is InChI=1S/C18H28N2O/c1-12(2)19-17(21)14-7-6-8-15(9-14)20-16-11-18(4,5)10-13(16)3/h6-9,12-13,16,20H,10-11H2,1-5H3,(H,19,21). The van der Waals surface area contributed by atoms with Crippen LogP contribution in [-0.4, -0.2) is 18.0 Å². The number of hydrogen-bond acceptors (Lipinski definition) is 2. The Labute approximate surface area is 128 Å². The summed E-state index contributed by atoms with van der Waals surface area (Å²) in [5.74, 6) is 0.654. The van der Waals surface area contributed by atoms with Crippen molar-refractivity contribution >= 4 is 11.6 Å². The van der Waals surface area contributed by atoms with Gasteiger partial charge < -0.3 is 10.6 Å². The molecule has 1 saturated carbocycles. The molecule has 0 bridgehead atoms. The highest BCUT2D eigenvalue weighted by Crippen LogP contribution is 2.42. The van der Waals surface area contributed by atoms with Crippen molar-refractivity contribution in [1.82, 2.24) is 5.32 Å². The van der Waals surface area contributed by atoms with E-state index in [9.17, 15) is 4.79 Å². The number of benzene rings is 1. The van der Waals surface area contributed by atoms with Crippen LogP contribution in [-0.2, 0) is 0 Å². The topological polar surface area (TPSA) is 41.1 Å². The monoisotopic (exact) mass is 288 g/mol. The second kappa shape index (κ2) is 6.08. The zero-order valence-electron chi connectivity index (χ0n) is 13.9. The van der Waals surface area contributed by atoms with Gasteiger partial charge >= 0.3 is 0 Å². The summed E-state index contributed by atoms with van der Waals surface area (Å²) in [4.78, 5) is 12.1. The predicted molar refractivity (Wildman–Crippen MR) is 88.6 cm³/mol. The van der Waals surface area contributed by atoms with Crippen molar-refractivity contribution < 1.29 is 4.79 Å². The minimum atomic E-state index is -0.00606. The second-order valence-corrected chi connectivity index (χ2v) is 7.51. The van der Waals surface area contributed by atoms with Crippen molar-refractivity contribution in [3.63, 3.8) is 0 Å². The normalized spacial score (nSPS) is 24.1. The molecule has 1 aliphatic rings. The maximum absolute atomic E-state index is 12.1. The van der Waals surface area contributed by atoms with Crippen molar-refractivity contribution in [3.05, 3.63) is 29.8 Å². The van der Waals surface area contributed by atoms with E-state index >= 15 is 0 Å². The molecular formula is C18H28N2O. The van der Waals surface area contributed by atoms with Crippen LogP contribution in [0.5, 0.6) is 0 Å². The van der Waals surface area contributed by atoms with Crippen LogP contribution in [0.1, 0.15) is 57.8 Å². The average molecular weight is 288 g/mol. The zero-order chi connectivity index (χ0) is 15.6. The fourth-order valence-corrected chi connectivity index (χ4v) is 3.40. The van der Waals surface area contributed by atoms with E-state index in [2.05, 4.69) is 31.4 Å². The van der Waals surface area contributed by atoms with Gasteiger partial charge in [0.05, 0.1) is 0 Å². The maximum atomic E-state index is 12.1. The molecular weight excluding hydrogens is 260 g/mol. The molecule has 0 radical (unpaired) electrons. The Balaban J connectivity index is 2.06. The Hall–Kier alpha value is -1.51. The van der Waals surface area contributed by atoms with E-state index in [0.29, 0.717) is 17.4 Å². The first kappa shape index (κ1) is 15.9. The number of carbonyl (C=O) groups excluding carboxylic acids is 1. The highest BCUT2D eigenvalue weighted by molar-refractivity contribution is 5.95. The van der Waals surface area contributed by atoms with E-state index in [1.807, 2.05) is 38.1 Å². The number of rotatable bonds is 4. The second-order valence-electron chi connectivity index (χ2n) is 7.51. The van der Waals surface area contributed by atoms with E-state index in [-0.39, 0.29) is 11.9 Å². The average Bonchev–Trinajstić information content (AvgIpc) is 2.61. The summed E-state index contributed by atoms with van der Waals surface area (Å²) in [5, 5.41) is 6.55. The van der Waals surface area contributed by atoms with Gasteiger partial charge in [0.1, 0.15) is 0 Å². The van der Waals surface area contributed by atoms with Gasteiger partial charge in [-0.3, -0.25) is 4.79 Å². The molecule has 0 heterocycles. The Morgan fingerprint density at radius 2 is 2.00 bits per heavy atom. The summed E-state index contributed by atoms with van der Waals surface area (Å²) in [6.07, 6.45) is 2.43. The van der Waals surface area contributed by atoms with Crippen molar-refractivity contribution in [3.8, 4) is 0 Å². The van der Waals surface area contributed by atoms with Gasteiger partial charge in [0, 0.05) is 23.3 Å². The van der Waals surface area contributed by atoms with Crippen LogP contribution in [0.25, 0.3) is 0 Å². The lowest BCUT2D eigenvalue weighted by atomic mass is 9.91. The fourth-order valence-electron chi connectivity index (χ4n) is 3.40. The number of anilines is 1. The zero-order valence-corrected chi connectivity index (χ0v) is 13.9. The minimum absolute atomic E-state index is 0.00606. The van der Waals surface area contributed by atoms with Gasteiger partial charge in [-0.05, 0) is 56.2 Å². The van der Waals surface area contributed by atoms with Gasteiger partial charge in [-0.2, -0.15) is 0 Å². The molecule has 0 saturated heterocycles. The minimum Gasteiger partial charge on any atom is -0.382 e. The molecule has 1 fully saturated rings. The fraction of sp³-hybridized carbons (Fsp3) is 0.611. The molecule has 0 aromatic heterocycles. The number of hydrogen-bond donors (Lipinski definition) is 2. The smallest absolute Gasteiger partial charge is 0.251 e. The van der Waals surface area contributed by atoms with Crippen LogP contribution in [0.15, 0.2) is 24.3 Å². The largest absolute Gasteiger partial charge is 0.382 e. The van der Waals surface area contributed by atoms with Gasteiger partial charge in [0.25, 0.3) is 5.91 Å². The predicted octanol–water partition coefficient (Wildman–Crippen LogP) is 4.06. The van der Waals surface area contributed by atoms with Crippen molar-refractivity contribution in [2.75, 3.05) is 5.32 Å². The van der Waals surface area contributed by atoms with E-state index in [0.717, 1.165) is 11.3 Å². The maximum Gasteiger partial charge on any atom is 0.251 e.